The van der Waals surface area contributed by atoms with E-state index in [0.717, 1.165) is 12.8 Å². The second kappa shape index (κ2) is 6.12. The van der Waals surface area contributed by atoms with Gasteiger partial charge in [-0.3, -0.25) is 10.1 Å². The SMILES string of the molecule is O=C(O)C(NC1CCC(O)CC1)c1cccc(F)c1. The van der Waals surface area contributed by atoms with E-state index in [1.54, 1.807) is 6.07 Å². The normalized spacial score (nSPS) is 24.9. The highest BCUT2D eigenvalue weighted by Gasteiger charge is 2.26. The molecule has 0 heterocycles. The van der Waals surface area contributed by atoms with Gasteiger partial charge in [-0.25, -0.2) is 4.39 Å². The topological polar surface area (TPSA) is 69.6 Å². The number of benzene rings is 1. The maximum Gasteiger partial charge on any atom is 0.325 e. The van der Waals surface area contributed by atoms with E-state index in [4.69, 9.17) is 0 Å². The third-order valence-corrected chi connectivity index (χ3v) is 3.53. The van der Waals surface area contributed by atoms with Crippen molar-refractivity contribution in [1.82, 2.24) is 5.32 Å². The molecule has 0 radical (unpaired) electrons. The van der Waals surface area contributed by atoms with E-state index in [1.807, 2.05) is 0 Å². The third-order valence-electron chi connectivity index (χ3n) is 3.53. The number of hydrogen-bond donors (Lipinski definition) is 3. The monoisotopic (exact) mass is 267 g/mol. The predicted octanol–water partition coefficient (Wildman–Crippen LogP) is 1.84. The van der Waals surface area contributed by atoms with Gasteiger partial charge in [-0.05, 0) is 43.4 Å². The maximum atomic E-state index is 13.2. The summed E-state index contributed by atoms with van der Waals surface area (Å²) < 4.78 is 13.2. The lowest BCUT2D eigenvalue weighted by Crippen LogP contribution is -2.40. The molecule has 1 unspecified atom stereocenters. The first-order valence-corrected chi connectivity index (χ1v) is 6.48. The molecule has 0 spiro atoms. The van der Waals surface area contributed by atoms with E-state index in [2.05, 4.69) is 5.32 Å². The average Bonchev–Trinajstić information content (AvgIpc) is 2.37. The molecule has 104 valence electrons. The van der Waals surface area contributed by atoms with Crippen molar-refractivity contribution in [3.8, 4) is 0 Å². The largest absolute Gasteiger partial charge is 0.480 e. The molecule has 4 nitrogen and oxygen atoms in total. The highest BCUT2D eigenvalue weighted by Crippen LogP contribution is 2.22. The summed E-state index contributed by atoms with van der Waals surface area (Å²) in [6.07, 6.45) is 2.54. The molecule has 1 aliphatic rings. The Morgan fingerprint density at radius 3 is 2.58 bits per heavy atom. The van der Waals surface area contributed by atoms with Crippen LogP contribution < -0.4 is 5.32 Å². The van der Waals surface area contributed by atoms with Gasteiger partial charge in [0.2, 0.25) is 0 Å². The Labute approximate surface area is 111 Å². The number of hydrogen-bond acceptors (Lipinski definition) is 3. The zero-order chi connectivity index (χ0) is 13.8. The number of nitrogens with one attached hydrogen (secondary N) is 1. The Morgan fingerprint density at radius 2 is 2.00 bits per heavy atom. The van der Waals surface area contributed by atoms with Crippen molar-refractivity contribution in [3.63, 3.8) is 0 Å². The minimum Gasteiger partial charge on any atom is -0.480 e. The summed E-state index contributed by atoms with van der Waals surface area (Å²) in [7, 11) is 0. The van der Waals surface area contributed by atoms with Gasteiger partial charge in [-0.1, -0.05) is 12.1 Å². The van der Waals surface area contributed by atoms with Crippen molar-refractivity contribution in [1.29, 1.82) is 0 Å². The summed E-state index contributed by atoms with van der Waals surface area (Å²) in [5.74, 6) is -1.46. The molecule has 0 amide bonds. The van der Waals surface area contributed by atoms with Crippen LogP contribution in [0.3, 0.4) is 0 Å². The second-order valence-corrected chi connectivity index (χ2v) is 5.00. The van der Waals surface area contributed by atoms with Crippen LogP contribution in [0.15, 0.2) is 24.3 Å². The van der Waals surface area contributed by atoms with Crippen molar-refractivity contribution in [2.24, 2.45) is 0 Å². The predicted molar refractivity (Wildman–Crippen MR) is 68.2 cm³/mol. The zero-order valence-electron chi connectivity index (χ0n) is 10.6. The minimum atomic E-state index is -1.02. The highest BCUT2D eigenvalue weighted by molar-refractivity contribution is 5.75. The van der Waals surface area contributed by atoms with Gasteiger partial charge in [-0.15, -0.1) is 0 Å². The molecule has 2 rings (SSSR count). The summed E-state index contributed by atoms with van der Waals surface area (Å²) >= 11 is 0. The first-order valence-electron chi connectivity index (χ1n) is 6.48. The Bertz CT molecular complexity index is 444. The molecule has 5 heteroatoms. The molecule has 0 aromatic heterocycles. The smallest absolute Gasteiger partial charge is 0.325 e. The van der Waals surface area contributed by atoms with Gasteiger partial charge in [-0.2, -0.15) is 0 Å². The molecule has 1 atom stereocenters. The van der Waals surface area contributed by atoms with Gasteiger partial charge >= 0.3 is 5.97 Å². The Balaban J connectivity index is 2.06. The lowest BCUT2D eigenvalue weighted by molar-refractivity contribution is -0.140. The number of carboxylic acid groups (broad SMARTS) is 1. The molecule has 19 heavy (non-hydrogen) atoms. The van der Waals surface area contributed by atoms with Crippen molar-refractivity contribution >= 4 is 5.97 Å². The van der Waals surface area contributed by atoms with Crippen molar-refractivity contribution in [3.05, 3.63) is 35.6 Å². The van der Waals surface area contributed by atoms with E-state index in [9.17, 15) is 19.4 Å². The van der Waals surface area contributed by atoms with Crippen LogP contribution in [0.1, 0.15) is 37.3 Å². The summed E-state index contributed by atoms with van der Waals surface area (Å²) in [4.78, 5) is 11.3. The zero-order valence-corrected chi connectivity index (χ0v) is 10.6. The van der Waals surface area contributed by atoms with Gasteiger partial charge in [0.25, 0.3) is 0 Å². The van der Waals surface area contributed by atoms with E-state index in [-0.39, 0.29) is 12.1 Å². The average molecular weight is 267 g/mol. The third kappa shape index (κ3) is 3.75. The molecule has 1 aromatic carbocycles. The molecule has 0 saturated heterocycles. The van der Waals surface area contributed by atoms with Crippen LogP contribution in [-0.4, -0.2) is 28.3 Å². The quantitative estimate of drug-likeness (QED) is 0.778. The lowest BCUT2D eigenvalue weighted by atomic mass is 9.92. The van der Waals surface area contributed by atoms with E-state index >= 15 is 0 Å². The molecule has 1 aromatic rings. The fourth-order valence-corrected chi connectivity index (χ4v) is 2.47. The standard InChI is InChI=1S/C14H18FNO3/c15-10-3-1-2-9(8-10)13(14(18)19)16-11-4-6-12(17)7-5-11/h1-3,8,11-13,16-17H,4-7H2,(H,18,19). The van der Waals surface area contributed by atoms with Crippen molar-refractivity contribution in [2.45, 2.75) is 43.9 Å². The van der Waals surface area contributed by atoms with Gasteiger partial charge in [0, 0.05) is 6.04 Å². The number of aliphatic hydroxyl groups excluding tert-OH is 1. The molecule has 0 aliphatic heterocycles. The number of carbonyl (C=O) groups is 1. The van der Waals surface area contributed by atoms with E-state index in [1.165, 1.54) is 18.2 Å². The van der Waals surface area contributed by atoms with Crippen LogP contribution in [0.5, 0.6) is 0 Å². The van der Waals surface area contributed by atoms with Crippen LogP contribution in [0.4, 0.5) is 4.39 Å². The molecular weight excluding hydrogens is 249 g/mol. The Morgan fingerprint density at radius 1 is 1.32 bits per heavy atom. The lowest BCUT2D eigenvalue weighted by Gasteiger charge is -2.29. The van der Waals surface area contributed by atoms with E-state index < -0.39 is 17.8 Å². The van der Waals surface area contributed by atoms with E-state index in [0.29, 0.717) is 18.4 Å². The summed E-state index contributed by atoms with van der Waals surface area (Å²) in [6.45, 7) is 0. The van der Waals surface area contributed by atoms with Crippen LogP contribution >= 0.6 is 0 Å². The highest BCUT2D eigenvalue weighted by atomic mass is 19.1. The fourth-order valence-electron chi connectivity index (χ4n) is 2.47. The molecule has 1 saturated carbocycles. The van der Waals surface area contributed by atoms with Crippen molar-refractivity contribution in [2.75, 3.05) is 0 Å². The van der Waals surface area contributed by atoms with Gasteiger partial charge < -0.3 is 10.2 Å². The molecule has 0 bridgehead atoms. The first kappa shape index (κ1) is 14.0. The van der Waals surface area contributed by atoms with Crippen molar-refractivity contribution < 1.29 is 19.4 Å². The minimum absolute atomic E-state index is 0.0489. The fraction of sp³-hybridized carbons (Fsp3) is 0.500. The summed E-state index contributed by atoms with van der Waals surface area (Å²) in [5.41, 5.74) is 0.415. The van der Waals surface area contributed by atoms with Gasteiger partial charge in [0.1, 0.15) is 11.9 Å². The Kier molecular flexibility index (Phi) is 4.50. The second-order valence-electron chi connectivity index (χ2n) is 5.00. The van der Waals surface area contributed by atoms with Crippen LogP contribution in [0.25, 0.3) is 0 Å². The summed E-state index contributed by atoms with van der Waals surface area (Å²) in [6, 6.07) is 4.78. The Hall–Kier alpha value is -1.46. The number of aliphatic hydroxyl groups is 1. The van der Waals surface area contributed by atoms with Gasteiger partial charge in [0.05, 0.1) is 6.10 Å². The molecular formula is C14H18FNO3. The summed E-state index contributed by atoms with van der Waals surface area (Å²) in [5, 5.41) is 21.7. The van der Waals surface area contributed by atoms with Gasteiger partial charge in [0.15, 0.2) is 0 Å². The van der Waals surface area contributed by atoms with Crippen LogP contribution in [-0.2, 0) is 4.79 Å². The number of halogens is 1. The van der Waals surface area contributed by atoms with Crippen LogP contribution in [0.2, 0.25) is 0 Å². The molecule has 1 fully saturated rings. The maximum absolute atomic E-state index is 13.2. The number of aliphatic carboxylic acids is 1. The first-order chi connectivity index (χ1) is 9.06. The number of carboxylic acids is 1. The van der Waals surface area contributed by atoms with Crippen LogP contribution in [0, 0.1) is 5.82 Å². The number of rotatable bonds is 4. The molecule has 1 aliphatic carbocycles. The molecule has 3 N–H and O–H groups in total.